The van der Waals surface area contributed by atoms with Gasteiger partial charge in [0.15, 0.2) is 0 Å². The number of hydrogen-bond donors (Lipinski definition) is 1. The molecule has 2 aromatic rings. The Balaban J connectivity index is 1.68. The molecule has 0 bridgehead atoms. The van der Waals surface area contributed by atoms with Crippen LogP contribution in [0.1, 0.15) is 45.9 Å². The normalized spacial score (nSPS) is 15.4. The molecule has 1 aliphatic rings. The number of nitrogen functional groups attached to an aromatic ring is 1. The Hall–Kier alpha value is -2.81. The molecular weight excluding hydrogens is 292 g/mol. The third kappa shape index (κ3) is 2.90. The van der Waals surface area contributed by atoms with Crippen LogP contribution < -0.4 is 5.73 Å². The van der Waals surface area contributed by atoms with Gasteiger partial charge in [-0.3, -0.25) is 4.79 Å². The van der Waals surface area contributed by atoms with E-state index in [1.165, 1.54) is 0 Å². The molecule has 1 saturated heterocycles. The molecule has 6 nitrogen and oxygen atoms in total. The van der Waals surface area contributed by atoms with Crippen molar-refractivity contribution in [3.8, 4) is 6.07 Å². The van der Waals surface area contributed by atoms with Gasteiger partial charge in [0, 0.05) is 30.1 Å². The zero-order chi connectivity index (χ0) is 16.4. The van der Waals surface area contributed by atoms with Crippen molar-refractivity contribution in [1.82, 2.24) is 10.1 Å². The van der Waals surface area contributed by atoms with Crippen LogP contribution in [0, 0.1) is 18.3 Å². The Labute approximate surface area is 134 Å². The molecule has 1 aromatic heterocycles. The number of benzene rings is 1. The summed E-state index contributed by atoms with van der Waals surface area (Å²) < 4.78 is 5.03. The maximum Gasteiger partial charge on any atom is 0.253 e. The fourth-order valence-corrected chi connectivity index (χ4v) is 3.00. The zero-order valence-corrected chi connectivity index (χ0v) is 13.0. The summed E-state index contributed by atoms with van der Waals surface area (Å²) in [5.74, 6) is 0.606. The van der Waals surface area contributed by atoms with Crippen molar-refractivity contribution < 1.29 is 9.32 Å². The predicted octanol–water partition coefficient (Wildman–Crippen LogP) is 2.46. The number of rotatable bonds is 2. The summed E-state index contributed by atoms with van der Waals surface area (Å²) in [6.07, 6.45) is 1.66. The fraction of sp³-hybridized carbons (Fsp3) is 0.353. The van der Waals surface area contributed by atoms with Gasteiger partial charge in [0.1, 0.15) is 0 Å². The lowest BCUT2D eigenvalue weighted by Gasteiger charge is -2.31. The number of likely N-dealkylation sites (tertiary alicyclic amines) is 1. The lowest BCUT2D eigenvalue weighted by molar-refractivity contribution is 0.0711. The summed E-state index contributed by atoms with van der Waals surface area (Å²) in [5.41, 5.74) is 8.57. The van der Waals surface area contributed by atoms with Crippen LogP contribution in [0.25, 0.3) is 0 Å². The molecular formula is C17H18N4O2. The minimum atomic E-state index is -0.0306. The van der Waals surface area contributed by atoms with Crippen LogP contribution >= 0.6 is 0 Å². The van der Waals surface area contributed by atoms with Crippen molar-refractivity contribution in [1.29, 1.82) is 5.26 Å². The van der Waals surface area contributed by atoms with Crippen molar-refractivity contribution in [3.05, 3.63) is 46.6 Å². The average Bonchev–Trinajstić information content (AvgIpc) is 2.93. The molecule has 0 atom stereocenters. The first-order valence-corrected chi connectivity index (χ1v) is 7.61. The van der Waals surface area contributed by atoms with E-state index in [-0.39, 0.29) is 11.8 Å². The second kappa shape index (κ2) is 6.13. The number of piperidine rings is 1. The summed E-state index contributed by atoms with van der Waals surface area (Å²) in [7, 11) is 0. The molecule has 3 rings (SSSR count). The number of carbonyl (C=O) groups is 1. The van der Waals surface area contributed by atoms with E-state index in [9.17, 15) is 4.79 Å². The van der Waals surface area contributed by atoms with Crippen molar-refractivity contribution in [2.75, 3.05) is 18.8 Å². The molecule has 2 heterocycles. The largest absolute Gasteiger partial charge is 0.367 e. The highest BCUT2D eigenvalue weighted by molar-refractivity contribution is 5.94. The van der Waals surface area contributed by atoms with E-state index in [1.54, 1.807) is 24.3 Å². The molecule has 1 amide bonds. The summed E-state index contributed by atoms with van der Waals surface area (Å²) in [6.45, 7) is 3.23. The number of amides is 1. The molecule has 0 aliphatic carbocycles. The Morgan fingerprint density at radius 1 is 1.43 bits per heavy atom. The van der Waals surface area contributed by atoms with Crippen LogP contribution in [0.4, 0.5) is 5.88 Å². The van der Waals surface area contributed by atoms with Crippen molar-refractivity contribution in [2.24, 2.45) is 0 Å². The van der Waals surface area contributed by atoms with Gasteiger partial charge in [-0.15, -0.1) is 0 Å². The Kier molecular flexibility index (Phi) is 4.02. The Bertz CT molecular complexity index is 767. The number of hydrogen-bond acceptors (Lipinski definition) is 5. The molecule has 1 aromatic carbocycles. The first-order valence-electron chi connectivity index (χ1n) is 7.61. The lowest BCUT2D eigenvalue weighted by Crippen LogP contribution is -2.38. The number of nitrogens with zero attached hydrogens (tertiary/aromatic N) is 3. The minimum Gasteiger partial charge on any atom is -0.367 e. The number of nitriles is 1. The van der Waals surface area contributed by atoms with Crippen LogP contribution in [-0.2, 0) is 0 Å². The van der Waals surface area contributed by atoms with Crippen LogP contribution in [0.3, 0.4) is 0 Å². The molecule has 2 N–H and O–H groups in total. The fourth-order valence-electron chi connectivity index (χ4n) is 3.00. The second-order valence-corrected chi connectivity index (χ2v) is 5.82. The van der Waals surface area contributed by atoms with Crippen LogP contribution in [0.2, 0.25) is 0 Å². The predicted molar refractivity (Wildman–Crippen MR) is 84.7 cm³/mol. The number of anilines is 1. The smallest absolute Gasteiger partial charge is 0.253 e. The van der Waals surface area contributed by atoms with Crippen LogP contribution in [0.5, 0.6) is 0 Å². The summed E-state index contributed by atoms with van der Waals surface area (Å²) in [6, 6.07) is 8.88. The highest BCUT2D eigenvalue weighted by Gasteiger charge is 2.28. The van der Waals surface area contributed by atoms with Gasteiger partial charge in [0.2, 0.25) is 5.88 Å². The van der Waals surface area contributed by atoms with Crippen LogP contribution in [0.15, 0.2) is 28.8 Å². The summed E-state index contributed by atoms with van der Waals surface area (Å²) >= 11 is 0. The van der Waals surface area contributed by atoms with Crippen molar-refractivity contribution >= 4 is 11.8 Å². The molecule has 0 saturated carbocycles. The molecule has 6 heteroatoms. The van der Waals surface area contributed by atoms with E-state index in [4.69, 9.17) is 15.5 Å². The standard InChI is InChI=1S/C17H18N4O2/c1-11-15(20-23-16(11)19)13-5-7-21(8-6-13)17(22)14-4-2-3-12(9-14)10-18/h2-4,9,13H,5-8,19H2,1H3. The van der Waals surface area contributed by atoms with Gasteiger partial charge in [0.25, 0.3) is 5.91 Å². The molecule has 1 fully saturated rings. The van der Waals surface area contributed by atoms with E-state index in [2.05, 4.69) is 11.2 Å². The van der Waals surface area contributed by atoms with Gasteiger partial charge in [-0.05, 0) is 38.0 Å². The van der Waals surface area contributed by atoms with Gasteiger partial charge < -0.3 is 15.2 Å². The SMILES string of the molecule is Cc1c(C2CCN(C(=O)c3cccc(C#N)c3)CC2)noc1N. The zero-order valence-electron chi connectivity index (χ0n) is 13.0. The summed E-state index contributed by atoms with van der Waals surface area (Å²) in [5, 5.41) is 13.0. The van der Waals surface area contributed by atoms with E-state index in [0.717, 1.165) is 24.1 Å². The molecule has 23 heavy (non-hydrogen) atoms. The van der Waals surface area contributed by atoms with E-state index < -0.39 is 0 Å². The first kappa shape index (κ1) is 15.1. The number of nitrogens with two attached hydrogens (primary N) is 1. The molecule has 1 aliphatic heterocycles. The van der Waals surface area contributed by atoms with Crippen molar-refractivity contribution in [2.45, 2.75) is 25.7 Å². The van der Waals surface area contributed by atoms with Gasteiger partial charge in [0.05, 0.1) is 17.3 Å². The van der Waals surface area contributed by atoms with Gasteiger partial charge in [-0.2, -0.15) is 5.26 Å². The van der Waals surface area contributed by atoms with E-state index >= 15 is 0 Å². The first-order chi connectivity index (χ1) is 11.1. The minimum absolute atomic E-state index is 0.0306. The topological polar surface area (TPSA) is 96.1 Å². The van der Waals surface area contributed by atoms with Crippen LogP contribution in [-0.4, -0.2) is 29.1 Å². The molecule has 0 spiro atoms. The Morgan fingerprint density at radius 3 is 2.78 bits per heavy atom. The maximum atomic E-state index is 12.5. The Morgan fingerprint density at radius 2 is 2.17 bits per heavy atom. The molecule has 0 unspecified atom stereocenters. The van der Waals surface area contributed by atoms with Gasteiger partial charge in [-0.1, -0.05) is 11.2 Å². The third-order valence-corrected chi connectivity index (χ3v) is 4.40. The number of carbonyl (C=O) groups excluding carboxylic acids is 1. The monoisotopic (exact) mass is 310 g/mol. The molecule has 118 valence electrons. The quantitative estimate of drug-likeness (QED) is 0.919. The van der Waals surface area contributed by atoms with Crippen molar-refractivity contribution in [3.63, 3.8) is 0 Å². The highest BCUT2D eigenvalue weighted by atomic mass is 16.5. The average molecular weight is 310 g/mol. The highest BCUT2D eigenvalue weighted by Crippen LogP contribution is 2.31. The third-order valence-electron chi connectivity index (χ3n) is 4.40. The number of aromatic nitrogens is 1. The van der Waals surface area contributed by atoms with Gasteiger partial charge >= 0.3 is 0 Å². The van der Waals surface area contributed by atoms with E-state index in [0.29, 0.717) is 30.1 Å². The lowest BCUT2D eigenvalue weighted by atomic mass is 9.91. The maximum absolute atomic E-state index is 12.5. The summed E-state index contributed by atoms with van der Waals surface area (Å²) in [4.78, 5) is 14.4. The molecule has 0 radical (unpaired) electrons. The second-order valence-electron chi connectivity index (χ2n) is 5.82. The van der Waals surface area contributed by atoms with E-state index in [1.807, 2.05) is 11.8 Å². The van der Waals surface area contributed by atoms with Gasteiger partial charge in [-0.25, -0.2) is 0 Å².